The Morgan fingerprint density at radius 2 is 1.76 bits per heavy atom. The summed E-state index contributed by atoms with van der Waals surface area (Å²) < 4.78 is 65.6. The standard InChI is InChI=1S/C15H18F5N/c1-2-8-21-13(14(16,17)15(18,19)20)12-7-6-10-4-3-5-11(10)9-12/h6-7,9,13,21H,2-5,8H2,1H3. The second-order valence-corrected chi connectivity index (χ2v) is 5.39. The molecule has 1 unspecified atom stereocenters. The predicted molar refractivity (Wildman–Crippen MR) is 70.5 cm³/mol. The van der Waals surface area contributed by atoms with Crippen LogP contribution >= 0.6 is 0 Å². The van der Waals surface area contributed by atoms with E-state index in [1.807, 2.05) is 0 Å². The third kappa shape index (κ3) is 3.20. The molecule has 0 spiro atoms. The van der Waals surface area contributed by atoms with Crippen LogP contribution in [0.3, 0.4) is 0 Å². The third-order valence-electron chi connectivity index (χ3n) is 3.79. The van der Waals surface area contributed by atoms with Crippen LogP contribution in [0, 0.1) is 0 Å². The molecule has 0 bridgehead atoms. The summed E-state index contributed by atoms with van der Waals surface area (Å²) in [5, 5.41) is 2.35. The molecular formula is C15H18F5N. The van der Waals surface area contributed by atoms with Crippen molar-refractivity contribution in [3.8, 4) is 0 Å². The van der Waals surface area contributed by atoms with Gasteiger partial charge in [0.1, 0.15) is 6.04 Å². The minimum absolute atomic E-state index is 0.00595. The van der Waals surface area contributed by atoms with Crippen molar-refractivity contribution in [3.05, 3.63) is 34.9 Å². The Kier molecular flexibility index (Phi) is 4.56. The molecule has 21 heavy (non-hydrogen) atoms. The molecule has 1 aromatic rings. The van der Waals surface area contributed by atoms with E-state index in [1.165, 1.54) is 12.1 Å². The summed E-state index contributed by atoms with van der Waals surface area (Å²) in [6, 6.07) is 2.51. The van der Waals surface area contributed by atoms with Crippen molar-refractivity contribution in [2.24, 2.45) is 0 Å². The van der Waals surface area contributed by atoms with Gasteiger partial charge in [-0.25, -0.2) is 0 Å². The van der Waals surface area contributed by atoms with Gasteiger partial charge in [-0.2, -0.15) is 22.0 Å². The molecule has 1 aliphatic carbocycles. The first kappa shape index (κ1) is 16.2. The number of hydrogen-bond donors (Lipinski definition) is 1. The van der Waals surface area contributed by atoms with E-state index in [1.54, 1.807) is 13.0 Å². The molecule has 0 fully saturated rings. The Bertz CT molecular complexity index is 495. The average molecular weight is 307 g/mol. The van der Waals surface area contributed by atoms with Gasteiger partial charge in [0.15, 0.2) is 0 Å². The van der Waals surface area contributed by atoms with Crippen LogP contribution in [0.4, 0.5) is 22.0 Å². The molecule has 0 saturated carbocycles. The summed E-state index contributed by atoms with van der Waals surface area (Å²) in [6.07, 6.45) is -2.58. The van der Waals surface area contributed by atoms with Gasteiger partial charge in [-0.3, -0.25) is 0 Å². The molecular weight excluding hydrogens is 289 g/mol. The summed E-state index contributed by atoms with van der Waals surface area (Å²) in [5.74, 6) is -4.80. The molecule has 1 aromatic carbocycles. The lowest BCUT2D eigenvalue weighted by atomic mass is 9.96. The molecule has 0 radical (unpaired) electrons. The van der Waals surface area contributed by atoms with Crippen LogP contribution < -0.4 is 5.32 Å². The summed E-state index contributed by atoms with van der Waals surface area (Å²) in [4.78, 5) is 0. The highest BCUT2D eigenvalue weighted by molar-refractivity contribution is 5.37. The molecule has 0 saturated heterocycles. The minimum Gasteiger partial charge on any atom is -0.305 e. The van der Waals surface area contributed by atoms with E-state index < -0.39 is 18.1 Å². The SMILES string of the molecule is CCCNC(c1ccc2c(c1)CCC2)C(F)(F)C(F)(F)F. The molecule has 1 aliphatic rings. The number of hydrogen-bond acceptors (Lipinski definition) is 1. The Morgan fingerprint density at radius 3 is 2.38 bits per heavy atom. The van der Waals surface area contributed by atoms with Crippen molar-refractivity contribution in [2.75, 3.05) is 6.54 Å². The Balaban J connectivity index is 2.36. The quantitative estimate of drug-likeness (QED) is 0.794. The average Bonchev–Trinajstić information content (AvgIpc) is 2.85. The summed E-state index contributed by atoms with van der Waals surface area (Å²) >= 11 is 0. The molecule has 0 aliphatic heterocycles. The van der Waals surface area contributed by atoms with E-state index in [2.05, 4.69) is 5.32 Å². The number of nitrogens with one attached hydrogen (secondary N) is 1. The van der Waals surface area contributed by atoms with Gasteiger partial charge in [0.25, 0.3) is 0 Å². The summed E-state index contributed by atoms with van der Waals surface area (Å²) in [6.45, 7) is 1.83. The van der Waals surface area contributed by atoms with Crippen LogP contribution in [-0.2, 0) is 12.8 Å². The summed E-state index contributed by atoms with van der Waals surface area (Å²) in [5.41, 5.74) is 1.93. The largest absolute Gasteiger partial charge is 0.455 e. The van der Waals surface area contributed by atoms with Crippen molar-refractivity contribution in [1.29, 1.82) is 0 Å². The molecule has 0 heterocycles. The monoisotopic (exact) mass is 307 g/mol. The zero-order valence-electron chi connectivity index (χ0n) is 11.7. The van der Waals surface area contributed by atoms with Gasteiger partial charge in [0.2, 0.25) is 0 Å². The Labute approximate surface area is 120 Å². The Hall–Kier alpha value is -1.17. The van der Waals surface area contributed by atoms with Gasteiger partial charge >= 0.3 is 12.1 Å². The highest BCUT2D eigenvalue weighted by atomic mass is 19.4. The first-order valence-corrected chi connectivity index (χ1v) is 7.07. The molecule has 6 heteroatoms. The van der Waals surface area contributed by atoms with E-state index in [9.17, 15) is 22.0 Å². The normalized spacial score (nSPS) is 16.9. The van der Waals surface area contributed by atoms with Crippen LogP contribution in [0.2, 0.25) is 0 Å². The third-order valence-corrected chi connectivity index (χ3v) is 3.79. The van der Waals surface area contributed by atoms with Crippen LogP contribution in [0.25, 0.3) is 0 Å². The van der Waals surface area contributed by atoms with Crippen molar-refractivity contribution in [3.63, 3.8) is 0 Å². The van der Waals surface area contributed by atoms with Crippen LogP contribution in [0.1, 0.15) is 42.5 Å². The van der Waals surface area contributed by atoms with Gasteiger partial charge in [-0.1, -0.05) is 25.1 Å². The van der Waals surface area contributed by atoms with Crippen LogP contribution in [-0.4, -0.2) is 18.6 Å². The predicted octanol–water partition coefficient (Wildman–Crippen LogP) is 4.41. The number of rotatable bonds is 5. The van der Waals surface area contributed by atoms with Crippen molar-refractivity contribution >= 4 is 0 Å². The maximum absolute atomic E-state index is 13.8. The van der Waals surface area contributed by atoms with E-state index in [0.717, 1.165) is 30.4 Å². The lowest BCUT2D eigenvalue weighted by Crippen LogP contribution is -2.48. The molecule has 1 atom stereocenters. The molecule has 118 valence electrons. The van der Waals surface area contributed by atoms with Gasteiger partial charge in [-0.15, -0.1) is 0 Å². The highest BCUT2D eigenvalue weighted by Gasteiger charge is 2.62. The fourth-order valence-electron chi connectivity index (χ4n) is 2.68. The van der Waals surface area contributed by atoms with Gasteiger partial charge in [0.05, 0.1) is 0 Å². The van der Waals surface area contributed by atoms with E-state index in [0.29, 0.717) is 6.42 Å². The topological polar surface area (TPSA) is 12.0 Å². The lowest BCUT2D eigenvalue weighted by Gasteiger charge is -2.30. The number of halogens is 5. The maximum atomic E-state index is 13.8. The maximum Gasteiger partial charge on any atom is 0.455 e. The van der Waals surface area contributed by atoms with Gasteiger partial charge in [-0.05, 0) is 48.9 Å². The smallest absolute Gasteiger partial charge is 0.305 e. The zero-order chi connectivity index (χ0) is 15.7. The van der Waals surface area contributed by atoms with E-state index >= 15 is 0 Å². The lowest BCUT2D eigenvalue weighted by molar-refractivity contribution is -0.294. The van der Waals surface area contributed by atoms with E-state index in [4.69, 9.17) is 0 Å². The first-order valence-electron chi connectivity index (χ1n) is 7.07. The highest BCUT2D eigenvalue weighted by Crippen LogP contribution is 2.45. The number of aryl methyl sites for hydroxylation is 2. The molecule has 1 N–H and O–H groups in total. The molecule has 0 aromatic heterocycles. The molecule has 1 nitrogen and oxygen atoms in total. The second kappa shape index (κ2) is 5.91. The molecule has 2 rings (SSSR count). The number of fused-ring (bicyclic) bond motifs is 1. The zero-order valence-corrected chi connectivity index (χ0v) is 11.7. The van der Waals surface area contributed by atoms with Crippen LogP contribution in [0.15, 0.2) is 18.2 Å². The van der Waals surface area contributed by atoms with Gasteiger partial charge < -0.3 is 5.32 Å². The fraction of sp³-hybridized carbons (Fsp3) is 0.600. The Morgan fingerprint density at radius 1 is 1.10 bits per heavy atom. The fourth-order valence-corrected chi connectivity index (χ4v) is 2.68. The second-order valence-electron chi connectivity index (χ2n) is 5.39. The molecule has 0 amide bonds. The summed E-state index contributed by atoms with van der Waals surface area (Å²) in [7, 11) is 0. The van der Waals surface area contributed by atoms with Crippen LogP contribution in [0.5, 0.6) is 0 Å². The minimum atomic E-state index is -5.57. The first-order chi connectivity index (χ1) is 9.77. The number of benzene rings is 1. The van der Waals surface area contributed by atoms with E-state index in [-0.39, 0.29) is 12.1 Å². The van der Waals surface area contributed by atoms with Gasteiger partial charge in [0, 0.05) is 0 Å². The van der Waals surface area contributed by atoms with Crippen molar-refractivity contribution in [2.45, 2.75) is 50.7 Å². The van der Waals surface area contributed by atoms with Crippen molar-refractivity contribution in [1.82, 2.24) is 5.32 Å². The van der Waals surface area contributed by atoms with Crippen molar-refractivity contribution < 1.29 is 22.0 Å². The number of alkyl halides is 5.